The van der Waals surface area contributed by atoms with Gasteiger partial charge in [0.15, 0.2) is 5.57 Å². The zero-order valence-electron chi connectivity index (χ0n) is 15.2. The number of imide groups is 1. The highest BCUT2D eigenvalue weighted by Crippen LogP contribution is 2.53. The van der Waals surface area contributed by atoms with Gasteiger partial charge in [0.1, 0.15) is 11.8 Å². The van der Waals surface area contributed by atoms with Gasteiger partial charge >= 0.3 is 5.97 Å². The van der Waals surface area contributed by atoms with Crippen LogP contribution in [-0.4, -0.2) is 29.5 Å². The van der Waals surface area contributed by atoms with Crippen molar-refractivity contribution in [2.24, 2.45) is 23.7 Å². The Bertz CT molecular complexity index is 940. The van der Waals surface area contributed by atoms with Crippen LogP contribution in [0, 0.1) is 35.0 Å². The van der Waals surface area contributed by atoms with Gasteiger partial charge in [0.25, 0.3) is 0 Å². The predicted molar refractivity (Wildman–Crippen MR) is 98.4 cm³/mol. The first kappa shape index (κ1) is 18.0. The number of rotatable bonds is 4. The van der Waals surface area contributed by atoms with Gasteiger partial charge in [0, 0.05) is 5.56 Å². The van der Waals surface area contributed by atoms with Gasteiger partial charge in [-0.05, 0) is 49.4 Å². The number of carbonyl (C=O) groups excluding carboxylic acids is 3. The lowest BCUT2D eigenvalue weighted by molar-refractivity contribution is -0.138. The van der Waals surface area contributed by atoms with Gasteiger partial charge in [-0.1, -0.05) is 12.2 Å². The maximum atomic E-state index is 12.8. The van der Waals surface area contributed by atoms with Gasteiger partial charge in [0.05, 0.1) is 24.1 Å². The molecule has 1 N–H and O–H groups in total. The largest absolute Gasteiger partial charge is 0.506 e. The van der Waals surface area contributed by atoms with Crippen LogP contribution >= 0.6 is 0 Å². The smallest absolute Gasteiger partial charge is 0.352 e. The number of amides is 2. The van der Waals surface area contributed by atoms with Crippen molar-refractivity contribution in [2.45, 2.75) is 13.3 Å². The zero-order valence-corrected chi connectivity index (χ0v) is 15.2. The number of anilines is 1. The molecule has 4 rings (SSSR count). The Morgan fingerprint density at radius 2 is 1.75 bits per heavy atom. The van der Waals surface area contributed by atoms with E-state index in [1.165, 1.54) is 29.2 Å². The van der Waals surface area contributed by atoms with Crippen molar-refractivity contribution in [1.29, 1.82) is 5.26 Å². The van der Waals surface area contributed by atoms with Crippen LogP contribution in [0.2, 0.25) is 0 Å². The van der Waals surface area contributed by atoms with Crippen molar-refractivity contribution in [2.75, 3.05) is 11.5 Å². The number of allylic oxidation sites excluding steroid dienone is 2. The lowest BCUT2D eigenvalue weighted by atomic mass is 9.85. The third-order valence-corrected chi connectivity index (χ3v) is 5.70. The monoisotopic (exact) mass is 378 g/mol. The van der Waals surface area contributed by atoms with Crippen molar-refractivity contribution >= 4 is 29.2 Å². The molecule has 1 aromatic rings. The van der Waals surface area contributed by atoms with Crippen molar-refractivity contribution in [3.63, 3.8) is 0 Å². The fourth-order valence-electron chi connectivity index (χ4n) is 4.47. The van der Waals surface area contributed by atoms with Gasteiger partial charge < -0.3 is 9.84 Å². The summed E-state index contributed by atoms with van der Waals surface area (Å²) in [6.45, 7) is 1.68. The Morgan fingerprint density at radius 3 is 2.25 bits per heavy atom. The van der Waals surface area contributed by atoms with Crippen LogP contribution in [-0.2, 0) is 19.1 Å². The van der Waals surface area contributed by atoms with Gasteiger partial charge in [-0.15, -0.1) is 0 Å². The molecule has 2 fully saturated rings. The number of ether oxygens (including phenoxy) is 1. The molecule has 7 nitrogen and oxygen atoms in total. The Kier molecular flexibility index (Phi) is 4.27. The molecule has 2 aliphatic carbocycles. The quantitative estimate of drug-likeness (QED) is 0.215. The normalized spacial score (nSPS) is 28.2. The fourth-order valence-corrected chi connectivity index (χ4v) is 4.47. The minimum Gasteiger partial charge on any atom is -0.506 e. The lowest BCUT2D eigenvalue weighted by Gasteiger charge is -2.17. The summed E-state index contributed by atoms with van der Waals surface area (Å²) in [7, 11) is 0. The van der Waals surface area contributed by atoms with Gasteiger partial charge in [0.2, 0.25) is 11.8 Å². The highest BCUT2D eigenvalue weighted by Gasteiger charge is 2.59. The molecule has 1 aliphatic heterocycles. The summed E-state index contributed by atoms with van der Waals surface area (Å²) in [6, 6.07) is 7.62. The number of benzene rings is 1. The van der Waals surface area contributed by atoms with Crippen LogP contribution in [0.1, 0.15) is 18.9 Å². The van der Waals surface area contributed by atoms with E-state index in [-0.39, 0.29) is 47.7 Å². The molecular weight excluding hydrogens is 360 g/mol. The number of hydrogen-bond donors (Lipinski definition) is 1. The SMILES string of the molecule is CCOC(=O)/C(C#N)=C(\O)c1ccc(N2C(=O)C3C4C=CC(C4)C3C2=O)cc1. The molecule has 3 aliphatic rings. The maximum Gasteiger partial charge on any atom is 0.352 e. The van der Waals surface area contributed by atoms with E-state index >= 15 is 0 Å². The zero-order chi connectivity index (χ0) is 20.0. The minimum atomic E-state index is -0.910. The first-order chi connectivity index (χ1) is 13.5. The van der Waals surface area contributed by atoms with Crippen molar-refractivity contribution < 1.29 is 24.2 Å². The molecule has 1 saturated heterocycles. The maximum absolute atomic E-state index is 12.8. The number of fused-ring (bicyclic) bond motifs is 5. The highest BCUT2D eigenvalue weighted by molar-refractivity contribution is 6.22. The molecule has 142 valence electrons. The van der Waals surface area contributed by atoms with Crippen molar-refractivity contribution in [1.82, 2.24) is 0 Å². The van der Waals surface area contributed by atoms with E-state index in [9.17, 15) is 19.5 Å². The second-order valence-electron chi connectivity index (χ2n) is 7.11. The van der Waals surface area contributed by atoms with E-state index in [1.807, 2.05) is 12.2 Å². The fraction of sp³-hybridized carbons (Fsp3) is 0.333. The number of carbonyl (C=O) groups is 3. The number of nitrogens with zero attached hydrogens (tertiary/aromatic N) is 2. The summed E-state index contributed by atoms with van der Waals surface area (Å²) in [6.07, 6.45) is 4.93. The van der Waals surface area contributed by atoms with Gasteiger partial charge in [-0.25, -0.2) is 4.79 Å². The topological polar surface area (TPSA) is 108 Å². The third kappa shape index (κ3) is 2.53. The number of aliphatic hydroxyl groups is 1. The number of nitriles is 1. The van der Waals surface area contributed by atoms with E-state index in [4.69, 9.17) is 10.00 Å². The van der Waals surface area contributed by atoms with E-state index < -0.39 is 17.3 Å². The molecule has 1 aromatic carbocycles. The molecule has 28 heavy (non-hydrogen) atoms. The first-order valence-corrected chi connectivity index (χ1v) is 9.15. The molecule has 4 atom stereocenters. The molecule has 0 spiro atoms. The van der Waals surface area contributed by atoms with Gasteiger partial charge in [-0.3, -0.25) is 14.5 Å². The molecule has 0 radical (unpaired) electrons. The number of hydrogen-bond acceptors (Lipinski definition) is 6. The Balaban J connectivity index is 1.61. The van der Waals surface area contributed by atoms with E-state index in [2.05, 4.69) is 0 Å². The second kappa shape index (κ2) is 6.64. The highest BCUT2D eigenvalue weighted by atomic mass is 16.5. The van der Waals surface area contributed by atoms with E-state index in [0.717, 1.165) is 6.42 Å². The van der Waals surface area contributed by atoms with Crippen LogP contribution in [0.25, 0.3) is 5.76 Å². The van der Waals surface area contributed by atoms with Crippen LogP contribution in [0.4, 0.5) is 5.69 Å². The number of aliphatic hydroxyl groups excluding tert-OH is 1. The standard InChI is InChI=1S/C21H18N2O5/c1-2-28-21(27)15(10-22)18(24)11-5-7-14(8-6-11)23-19(25)16-12-3-4-13(9-12)17(16)20(23)26/h3-8,12-13,16-17,24H,2,9H2,1H3/b18-15-. The van der Waals surface area contributed by atoms with Crippen LogP contribution in [0.15, 0.2) is 42.0 Å². The minimum absolute atomic E-state index is 0.0780. The summed E-state index contributed by atoms with van der Waals surface area (Å²) in [5.74, 6) is -2.12. The second-order valence-corrected chi connectivity index (χ2v) is 7.11. The van der Waals surface area contributed by atoms with Crippen molar-refractivity contribution in [3.8, 4) is 6.07 Å². The average Bonchev–Trinajstić information content (AvgIpc) is 3.36. The Labute approximate surface area is 161 Å². The molecule has 2 amide bonds. The van der Waals surface area contributed by atoms with Crippen LogP contribution < -0.4 is 4.90 Å². The number of esters is 1. The summed E-state index contributed by atoms with van der Waals surface area (Å²) in [4.78, 5) is 38.6. The Morgan fingerprint density at radius 1 is 1.18 bits per heavy atom. The molecule has 1 heterocycles. The van der Waals surface area contributed by atoms with Crippen LogP contribution in [0.3, 0.4) is 0 Å². The first-order valence-electron chi connectivity index (χ1n) is 9.15. The molecular formula is C21H18N2O5. The summed E-state index contributed by atoms with van der Waals surface area (Å²) in [5.41, 5.74) is 0.129. The summed E-state index contributed by atoms with van der Waals surface area (Å²) >= 11 is 0. The summed E-state index contributed by atoms with van der Waals surface area (Å²) in [5, 5.41) is 19.4. The van der Waals surface area contributed by atoms with E-state index in [0.29, 0.717) is 5.69 Å². The average molecular weight is 378 g/mol. The van der Waals surface area contributed by atoms with Crippen LogP contribution in [0.5, 0.6) is 0 Å². The Hall–Kier alpha value is -3.40. The lowest BCUT2D eigenvalue weighted by Crippen LogP contribution is -2.32. The molecule has 2 bridgehead atoms. The molecule has 1 saturated carbocycles. The molecule has 4 unspecified atom stereocenters. The van der Waals surface area contributed by atoms with E-state index in [1.54, 1.807) is 13.0 Å². The molecule has 7 heteroatoms. The molecule has 0 aromatic heterocycles. The summed E-state index contributed by atoms with van der Waals surface area (Å²) < 4.78 is 4.76. The van der Waals surface area contributed by atoms with Crippen molar-refractivity contribution in [3.05, 3.63) is 47.6 Å². The predicted octanol–water partition coefficient (Wildman–Crippen LogP) is 2.35. The third-order valence-electron chi connectivity index (χ3n) is 5.70. The van der Waals surface area contributed by atoms with Gasteiger partial charge in [-0.2, -0.15) is 5.26 Å².